The molecule has 29 heavy (non-hydrogen) atoms. The molecule has 154 valence electrons. The van der Waals surface area contributed by atoms with Crippen molar-refractivity contribution in [1.29, 1.82) is 0 Å². The second-order valence-electron chi connectivity index (χ2n) is 8.79. The molecule has 1 aromatic heterocycles. The van der Waals surface area contributed by atoms with E-state index < -0.39 is 0 Å². The second-order valence-corrected chi connectivity index (χ2v) is 8.79. The summed E-state index contributed by atoms with van der Waals surface area (Å²) >= 11 is 0. The Labute approximate surface area is 171 Å². The molecule has 2 heterocycles. The summed E-state index contributed by atoms with van der Waals surface area (Å²) in [5.74, 6) is 0.681. The Morgan fingerprint density at radius 3 is 2.72 bits per heavy atom. The fourth-order valence-corrected chi connectivity index (χ4v) is 4.20. The van der Waals surface area contributed by atoms with Crippen LogP contribution in [0, 0.1) is 5.92 Å². The Morgan fingerprint density at radius 2 is 1.97 bits per heavy atom. The second kappa shape index (κ2) is 8.24. The van der Waals surface area contributed by atoms with Crippen LogP contribution in [-0.2, 0) is 11.3 Å². The summed E-state index contributed by atoms with van der Waals surface area (Å²) in [6.45, 7) is 3.70. The van der Waals surface area contributed by atoms with Gasteiger partial charge in [0.2, 0.25) is 0 Å². The molecule has 0 radical (unpaired) electrons. The first-order valence-electron chi connectivity index (χ1n) is 10.8. The van der Waals surface area contributed by atoms with E-state index in [4.69, 9.17) is 4.74 Å². The molecule has 1 N–H and O–H groups in total. The fourth-order valence-electron chi connectivity index (χ4n) is 4.20. The zero-order valence-electron chi connectivity index (χ0n) is 16.7. The van der Waals surface area contributed by atoms with E-state index in [-0.39, 0.29) is 11.9 Å². The molecule has 2 aromatic rings. The van der Waals surface area contributed by atoms with Gasteiger partial charge < -0.3 is 10.1 Å². The zero-order valence-corrected chi connectivity index (χ0v) is 16.7. The fraction of sp³-hybridized carbons (Fsp3) is 0.591. The van der Waals surface area contributed by atoms with Gasteiger partial charge in [-0.2, -0.15) is 0 Å². The highest BCUT2D eigenvalue weighted by atomic mass is 16.5. The van der Waals surface area contributed by atoms with Crippen LogP contribution < -0.4 is 5.32 Å². The molecule has 5 rings (SSSR count). The maximum absolute atomic E-state index is 12.3. The summed E-state index contributed by atoms with van der Waals surface area (Å²) in [4.78, 5) is 14.7. The maximum atomic E-state index is 12.3. The van der Waals surface area contributed by atoms with Crippen molar-refractivity contribution in [3.8, 4) is 0 Å². The van der Waals surface area contributed by atoms with Crippen molar-refractivity contribution in [2.24, 2.45) is 5.92 Å². The summed E-state index contributed by atoms with van der Waals surface area (Å²) in [5, 5.41) is 11.1. The van der Waals surface area contributed by atoms with Gasteiger partial charge in [-0.15, -0.1) is 5.10 Å². The van der Waals surface area contributed by atoms with E-state index in [1.807, 2.05) is 10.7 Å². The molecule has 0 bridgehead atoms. The van der Waals surface area contributed by atoms with Crippen LogP contribution in [0.1, 0.15) is 54.2 Å². The van der Waals surface area contributed by atoms with Crippen molar-refractivity contribution in [1.82, 2.24) is 25.2 Å². The van der Waals surface area contributed by atoms with E-state index >= 15 is 0 Å². The largest absolute Gasteiger partial charge is 0.374 e. The lowest BCUT2D eigenvalue weighted by Crippen LogP contribution is -2.59. The summed E-state index contributed by atoms with van der Waals surface area (Å²) in [6, 6.07) is 11.1. The van der Waals surface area contributed by atoms with E-state index in [2.05, 4.69) is 44.8 Å². The highest BCUT2D eigenvalue weighted by Crippen LogP contribution is 2.34. The minimum Gasteiger partial charge on any atom is -0.374 e. The molecule has 2 saturated carbocycles. The summed E-state index contributed by atoms with van der Waals surface area (Å²) in [5.41, 5.74) is 1.69. The van der Waals surface area contributed by atoms with Gasteiger partial charge >= 0.3 is 0 Å². The monoisotopic (exact) mass is 395 g/mol. The van der Waals surface area contributed by atoms with Crippen molar-refractivity contribution in [3.63, 3.8) is 0 Å². The number of likely N-dealkylation sites (tertiary alicyclic amines) is 1. The lowest BCUT2D eigenvalue weighted by molar-refractivity contribution is -0.0455. The molecule has 7 heteroatoms. The summed E-state index contributed by atoms with van der Waals surface area (Å²) in [7, 11) is 0. The van der Waals surface area contributed by atoms with Gasteiger partial charge in [-0.3, -0.25) is 9.69 Å². The van der Waals surface area contributed by atoms with E-state index in [0.717, 1.165) is 45.0 Å². The number of aromatic nitrogens is 3. The van der Waals surface area contributed by atoms with E-state index in [9.17, 15) is 4.79 Å². The highest BCUT2D eigenvalue weighted by molar-refractivity contribution is 5.92. The molecule has 1 saturated heterocycles. The molecule has 7 nitrogen and oxygen atoms in total. The third-order valence-corrected chi connectivity index (χ3v) is 6.33. The molecular formula is C22H29N5O2. The lowest BCUT2D eigenvalue weighted by atomic mass is 9.79. The number of nitrogens with one attached hydrogen (secondary N) is 1. The molecule has 1 aliphatic heterocycles. The molecule has 0 unspecified atom stereocenters. The predicted octanol–water partition coefficient (Wildman–Crippen LogP) is 2.41. The van der Waals surface area contributed by atoms with Gasteiger partial charge in [-0.25, -0.2) is 4.68 Å². The number of ether oxygens (including phenoxy) is 1. The van der Waals surface area contributed by atoms with Gasteiger partial charge in [0, 0.05) is 13.1 Å². The molecule has 3 fully saturated rings. The van der Waals surface area contributed by atoms with Gasteiger partial charge in [-0.1, -0.05) is 35.5 Å². The minimum atomic E-state index is -0.0982. The molecule has 3 aliphatic rings. The van der Waals surface area contributed by atoms with Crippen LogP contribution >= 0.6 is 0 Å². The average Bonchev–Trinajstić information content (AvgIpc) is 3.41. The number of amides is 1. The number of hydrogen-bond donors (Lipinski definition) is 1. The standard InChI is InChI=1S/C22H29N5O2/c28-22(21-14-27(25-24-21)19-6-7-19)23-18-12-26(13-18)9-8-17-10-20(11-17)29-15-16-4-2-1-3-5-16/h1-5,14,17-20H,6-13,15H2,(H,23,28). The zero-order chi connectivity index (χ0) is 19.6. The predicted molar refractivity (Wildman–Crippen MR) is 108 cm³/mol. The SMILES string of the molecule is O=C(NC1CN(CCC2CC(OCc3ccccc3)C2)C1)c1cn(C2CC2)nn1. The van der Waals surface area contributed by atoms with Gasteiger partial charge in [0.15, 0.2) is 5.69 Å². The topological polar surface area (TPSA) is 72.3 Å². The Hall–Kier alpha value is -2.25. The number of rotatable bonds is 9. The number of carbonyl (C=O) groups is 1. The van der Waals surface area contributed by atoms with Crippen LogP contribution in [0.2, 0.25) is 0 Å². The molecule has 0 spiro atoms. The highest BCUT2D eigenvalue weighted by Gasteiger charge is 2.33. The molecule has 1 amide bonds. The summed E-state index contributed by atoms with van der Waals surface area (Å²) in [6.07, 6.45) is 8.06. The van der Waals surface area contributed by atoms with Crippen molar-refractivity contribution in [2.75, 3.05) is 19.6 Å². The third-order valence-electron chi connectivity index (χ3n) is 6.33. The van der Waals surface area contributed by atoms with Crippen LogP contribution in [0.3, 0.4) is 0 Å². The van der Waals surface area contributed by atoms with Crippen molar-refractivity contribution in [2.45, 2.75) is 56.9 Å². The number of carbonyl (C=O) groups excluding carboxylic acids is 1. The van der Waals surface area contributed by atoms with Crippen LogP contribution in [0.15, 0.2) is 36.5 Å². The van der Waals surface area contributed by atoms with Crippen LogP contribution in [0.4, 0.5) is 0 Å². The van der Waals surface area contributed by atoms with Gasteiger partial charge in [-0.05, 0) is 50.1 Å². The van der Waals surface area contributed by atoms with Crippen molar-refractivity contribution in [3.05, 3.63) is 47.8 Å². The van der Waals surface area contributed by atoms with Crippen molar-refractivity contribution >= 4 is 5.91 Å². The van der Waals surface area contributed by atoms with Crippen molar-refractivity contribution < 1.29 is 9.53 Å². The quantitative estimate of drug-likeness (QED) is 0.706. The normalized spacial score (nSPS) is 24.7. The first-order valence-corrected chi connectivity index (χ1v) is 10.8. The molecular weight excluding hydrogens is 366 g/mol. The van der Waals surface area contributed by atoms with Gasteiger partial charge in [0.05, 0.1) is 31.0 Å². The van der Waals surface area contributed by atoms with Crippen LogP contribution in [0.5, 0.6) is 0 Å². The Morgan fingerprint density at radius 1 is 1.17 bits per heavy atom. The molecule has 2 aliphatic carbocycles. The molecule has 1 aromatic carbocycles. The van der Waals surface area contributed by atoms with E-state index in [1.54, 1.807) is 6.20 Å². The average molecular weight is 396 g/mol. The number of nitrogens with zero attached hydrogens (tertiary/aromatic N) is 4. The number of hydrogen-bond acceptors (Lipinski definition) is 5. The maximum Gasteiger partial charge on any atom is 0.273 e. The minimum absolute atomic E-state index is 0.0982. The first-order chi connectivity index (χ1) is 14.2. The smallest absolute Gasteiger partial charge is 0.273 e. The Kier molecular flexibility index (Phi) is 5.33. The van der Waals surface area contributed by atoms with E-state index in [1.165, 1.54) is 24.8 Å². The lowest BCUT2D eigenvalue weighted by Gasteiger charge is -2.42. The first kappa shape index (κ1) is 18.8. The van der Waals surface area contributed by atoms with Gasteiger partial charge in [0.1, 0.15) is 0 Å². The number of benzene rings is 1. The third kappa shape index (κ3) is 4.67. The molecule has 0 atom stereocenters. The Bertz CT molecular complexity index is 823. The van der Waals surface area contributed by atoms with E-state index in [0.29, 0.717) is 17.8 Å². The van der Waals surface area contributed by atoms with Crippen LogP contribution in [0.25, 0.3) is 0 Å². The van der Waals surface area contributed by atoms with Gasteiger partial charge in [0.25, 0.3) is 5.91 Å². The van der Waals surface area contributed by atoms with Crippen LogP contribution in [-0.4, -0.2) is 57.6 Å². The summed E-state index contributed by atoms with van der Waals surface area (Å²) < 4.78 is 7.81. The Balaban J connectivity index is 0.936.